The van der Waals surface area contributed by atoms with Crippen LogP contribution in [0.15, 0.2) is 54.6 Å². The molecule has 0 aliphatic heterocycles. The summed E-state index contributed by atoms with van der Waals surface area (Å²) in [5.74, 6) is -3.05. The molecule has 1 aromatic heterocycles. The molecule has 3 nitrogen and oxygen atoms in total. The van der Waals surface area contributed by atoms with Gasteiger partial charge in [-0.1, -0.05) is 37.3 Å². The molecule has 0 fully saturated rings. The van der Waals surface area contributed by atoms with Crippen molar-refractivity contribution in [2.24, 2.45) is 5.41 Å². The van der Waals surface area contributed by atoms with Crippen molar-refractivity contribution in [3.8, 4) is 17.0 Å². The molecule has 1 aliphatic rings. The number of ketones is 1. The zero-order valence-corrected chi connectivity index (χ0v) is 15.4. The molecule has 1 N–H and O–H groups in total. The average molecular weight is 379 g/mol. The predicted molar refractivity (Wildman–Crippen MR) is 102 cm³/mol. The van der Waals surface area contributed by atoms with E-state index in [0.29, 0.717) is 36.2 Å². The quantitative estimate of drug-likeness (QED) is 0.688. The number of rotatable bonds is 3. The molecule has 4 rings (SSSR count). The molecule has 0 radical (unpaired) electrons. The second-order valence-corrected chi connectivity index (χ2v) is 7.53. The number of fused-ring (bicyclic) bond motifs is 1. The number of Topliss-reactive ketones (excluding diaryl/α,β-unsaturated/α-hetero) is 1. The van der Waals surface area contributed by atoms with E-state index < -0.39 is 22.8 Å². The van der Waals surface area contributed by atoms with Gasteiger partial charge in [-0.25, -0.2) is 8.78 Å². The topological polar surface area (TPSA) is 50.2 Å². The first-order valence-electron chi connectivity index (χ1n) is 9.14. The molecule has 0 unspecified atom stereocenters. The highest BCUT2D eigenvalue weighted by Gasteiger charge is 2.39. The van der Waals surface area contributed by atoms with Crippen LogP contribution >= 0.6 is 0 Å². The number of carbonyl (C=O) groups excluding carboxylic acids is 1. The van der Waals surface area contributed by atoms with E-state index in [1.165, 1.54) is 0 Å². The van der Waals surface area contributed by atoms with Crippen molar-refractivity contribution in [3.63, 3.8) is 0 Å². The molecule has 1 aliphatic carbocycles. The summed E-state index contributed by atoms with van der Waals surface area (Å²) >= 11 is 0. The Balaban J connectivity index is 1.66. The smallest absolute Gasteiger partial charge is 0.187 e. The number of phenols is 1. The fraction of sp³-hybridized carbons (Fsp3) is 0.217. The molecule has 1 atom stereocenters. The van der Waals surface area contributed by atoms with Gasteiger partial charge in [-0.05, 0) is 49.1 Å². The summed E-state index contributed by atoms with van der Waals surface area (Å²) in [6.07, 6.45) is 1.92. The van der Waals surface area contributed by atoms with Gasteiger partial charge in [-0.15, -0.1) is 0 Å². The second-order valence-electron chi connectivity index (χ2n) is 7.53. The van der Waals surface area contributed by atoms with Crippen LogP contribution in [0.5, 0.6) is 5.75 Å². The van der Waals surface area contributed by atoms with Crippen LogP contribution in [0, 0.1) is 17.0 Å². The molecule has 5 heteroatoms. The van der Waals surface area contributed by atoms with Crippen molar-refractivity contribution < 1.29 is 18.7 Å². The predicted octanol–water partition coefficient (Wildman–Crippen LogP) is 5.11. The third-order valence-corrected chi connectivity index (χ3v) is 5.43. The van der Waals surface area contributed by atoms with Gasteiger partial charge in [0.05, 0.1) is 11.4 Å². The highest BCUT2D eigenvalue weighted by Crippen LogP contribution is 2.38. The summed E-state index contributed by atoms with van der Waals surface area (Å²) in [7, 11) is 0. The number of aromatic hydroxyl groups is 1. The summed E-state index contributed by atoms with van der Waals surface area (Å²) in [6, 6.07) is 15.3. The van der Waals surface area contributed by atoms with E-state index in [0.717, 1.165) is 17.7 Å². The van der Waals surface area contributed by atoms with Crippen molar-refractivity contribution in [1.29, 1.82) is 0 Å². The van der Waals surface area contributed by atoms with E-state index in [1.54, 1.807) is 12.1 Å². The maximum atomic E-state index is 13.7. The lowest BCUT2D eigenvalue weighted by molar-refractivity contribution is 0.0782. The van der Waals surface area contributed by atoms with Gasteiger partial charge in [0.1, 0.15) is 0 Å². The fourth-order valence-electron chi connectivity index (χ4n) is 3.82. The van der Waals surface area contributed by atoms with Crippen molar-refractivity contribution in [2.45, 2.75) is 26.2 Å². The Morgan fingerprint density at radius 2 is 1.75 bits per heavy atom. The molecular weight excluding hydrogens is 360 g/mol. The van der Waals surface area contributed by atoms with Gasteiger partial charge >= 0.3 is 0 Å². The number of halogens is 2. The minimum Gasteiger partial charge on any atom is -0.503 e. The lowest BCUT2D eigenvalue weighted by Gasteiger charge is -2.33. The van der Waals surface area contributed by atoms with E-state index in [-0.39, 0.29) is 11.3 Å². The summed E-state index contributed by atoms with van der Waals surface area (Å²) < 4.78 is 27.3. The lowest BCUT2D eigenvalue weighted by atomic mass is 9.70. The number of benzene rings is 2. The van der Waals surface area contributed by atoms with Crippen LogP contribution in [0.25, 0.3) is 11.3 Å². The van der Waals surface area contributed by atoms with Gasteiger partial charge in [-0.3, -0.25) is 9.78 Å². The maximum Gasteiger partial charge on any atom is 0.187 e. The zero-order chi connectivity index (χ0) is 19.9. The van der Waals surface area contributed by atoms with Gasteiger partial charge < -0.3 is 5.11 Å². The fourth-order valence-corrected chi connectivity index (χ4v) is 3.82. The van der Waals surface area contributed by atoms with Gasteiger partial charge in [0.15, 0.2) is 23.2 Å². The van der Waals surface area contributed by atoms with E-state index in [4.69, 9.17) is 0 Å². The lowest BCUT2D eigenvalue weighted by Crippen LogP contribution is -2.35. The molecule has 0 spiro atoms. The van der Waals surface area contributed by atoms with Crippen LogP contribution in [0.2, 0.25) is 0 Å². The zero-order valence-electron chi connectivity index (χ0n) is 15.4. The third kappa shape index (κ3) is 3.17. The van der Waals surface area contributed by atoms with E-state index in [1.807, 2.05) is 37.3 Å². The Bertz CT molecular complexity index is 1040. The number of carbonyl (C=O) groups is 1. The number of aromatic nitrogens is 1. The molecule has 3 aromatic rings. The number of nitrogens with zero attached hydrogens (tertiary/aromatic N) is 1. The van der Waals surface area contributed by atoms with Crippen LogP contribution in [0.4, 0.5) is 8.78 Å². The minimum atomic E-state index is -1.04. The molecule has 0 saturated heterocycles. The van der Waals surface area contributed by atoms with E-state index in [2.05, 4.69) is 4.98 Å². The van der Waals surface area contributed by atoms with Gasteiger partial charge in [0, 0.05) is 16.5 Å². The molecule has 1 heterocycles. The first-order chi connectivity index (χ1) is 13.4. The average Bonchev–Trinajstić information content (AvgIpc) is 2.69. The van der Waals surface area contributed by atoms with Gasteiger partial charge in [-0.2, -0.15) is 0 Å². The standard InChI is InChI=1S/C23H19F2NO2/c1-23(13-14-5-3-2-4-6-14)10-9-20-16(22(23)28)7-8-19(26-20)15-11-17(24)21(27)18(25)12-15/h2-8,11-12,27H,9-10,13H2,1H3/t23-/m0/s1. The number of aryl methyl sites for hydroxylation is 1. The Labute approximate surface area is 161 Å². The molecule has 142 valence electrons. The first kappa shape index (κ1) is 18.3. The second kappa shape index (κ2) is 6.82. The number of hydrogen-bond donors (Lipinski definition) is 1. The summed E-state index contributed by atoms with van der Waals surface area (Å²) in [5.41, 5.74) is 2.40. The molecule has 0 amide bonds. The Kier molecular flexibility index (Phi) is 4.46. The van der Waals surface area contributed by atoms with E-state index >= 15 is 0 Å². The summed E-state index contributed by atoms with van der Waals surface area (Å²) in [4.78, 5) is 17.6. The largest absolute Gasteiger partial charge is 0.503 e. The van der Waals surface area contributed by atoms with Crippen molar-refractivity contribution in [3.05, 3.63) is 83.1 Å². The first-order valence-corrected chi connectivity index (χ1v) is 9.14. The Morgan fingerprint density at radius 3 is 2.43 bits per heavy atom. The van der Waals surface area contributed by atoms with Crippen LogP contribution in [-0.4, -0.2) is 15.9 Å². The van der Waals surface area contributed by atoms with Crippen LogP contribution in [0.1, 0.15) is 35.0 Å². The molecule has 2 aromatic carbocycles. The van der Waals surface area contributed by atoms with Gasteiger partial charge in [0.25, 0.3) is 0 Å². The normalized spacial score (nSPS) is 18.8. The minimum absolute atomic E-state index is 0.0414. The number of pyridine rings is 1. The van der Waals surface area contributed by atoms with Crippen molar-refractivity contribution in [1.82, 2.24) is 4.98 Å². The monoisotopic (exact) mass is 379 g/mol. The molecule has 0 saturated carbocycles. The highest BCUT2D eigenvalue weighted by molar-refractivity contribution is 6.02. The summed E-state index contributed by atoms with van der Waals surface area (Å²) in [5, 5.41) is 9.27. The van der Waals surface area contributed by atoms with E-state index in [9.17, 15) is 18.7 Å². The number of phenolic OH excluding ortho intramolecular Hbond substituents is 1. The molecular formula is C23H19F2NO2. The third-order valence-electron chi connectivity index (χ3n) is 5.43. The van der Waals surface area contributed by atoms with Crippen molar-refractivity contribution >= 4 is 5.78 Å². The Hall–Kier alpha value is -3.08. The highest BCUT2D eigenvalue weighted by atomic mass is 19.1. The van der Waals surface area contributed by atoms with Crippen LogP contribution in [-0.2, 0) is 12.8 Å². The van der Waals surface area contributed by atoms with Crippen molar-refractivity contribution in [2.75, 3.05) is 0 Å². The maximum absolute atomic E-state index is 13.7. The van der Waals surface area contributed by atoms with Gasteiger partial charge in [0.2, 0.25) is 0 Å². The molecule has 28 heavy (non-hydrogen) atoms. The number of hydrogen-bond acceptors (Lipinski definition) is 3. The van der Waals surface area contributed by atoms with Crippen LogP contribution in [0.3, 0.4) is 0 Å². The summed E-state index contributed by atoms with van der Waals surface area (Å²) in [6.45, 7) is 1.98. The SMILES string of the molecule is C[C@@]1(Cc2ccccc2)CCc2nc(-c3cc(F)c(O)c(F)c3)ccc2C1=O. The Morgan fingerprint density at radius 1 is 1.07 bits per heavy atom. The van der Waals surface area contributed by atoms with Crippen LogP contribution < -0.4 is 0 Å². The molecule has 0 bridgehead atoms.